The Bertz CT molecular complexity index is 1150. The summed E-state index contributed by atoms with van der Waals surface area (Å²) in [6, 6.07) is 7.36. The van der Waals surface area contributed by atoms with E-state index in [1.54, 1.807) is 4.90 Å². The van der Waals surface area contributed by atoms with Crippen molar-refractivity contribution in [2.75, 3.05) is 18.0 Å². The predicted octanol–water partition coefficient (Wildman–Crippen LogP) is 1.04. The van der Waals surface area contributed by atoms with Gasteiger partial charge < -0.3 is 10.0 Å². The number of halogens is 1. The lowest BCUT2D eigenvalue weighted by molar-refractivity contribution is -0.123. The highest BCUT2D eigenvalue weighted by Gasteiger charge is 2.37. The summed E-state index contributed by atoms with van der Waals surface area (Å²) in [5.41, 5.74) is 0.161. The summed E-state index contributed by atoms with van der Waals surface area (Å²) in [6.07, 6.45) is 0. The largest absolute Gasteiger partial charge is 0.478 e. The Labute approximate surface area is 165 Å². The minimum absolute atomic E-state index is 0.0410. The van der Waals surface area contributed by atoms with Crippen LogP contribution in [0, 0.1) is 30.0 Å². The first-order chi connectivity index (χ1) is 13.6. The number of pyridine rings is 1. The SMILES string of the molecule is Cc1nc(N2CC(C(=O)NS(=O)(=O)c3cccc(F)c3)C2)c(C#N)cc1C(=O)O. The van der Waals surface area contributed by atoms with E-state index in [1.807, 2.05) is 10.8 Å². The zero-order chi connectivity index (χ0) is 21.3. The van der Waals surface area contributed by atoms with Crippen molar-refractivity contribution in [3.63, 3.8) is 0 Å². The number of aromatic carboxylic acids is 1. The average molecular weight is 418 g/mol. The number of benzene rings is 1. The van der Waals surface area contributed by atoms with Crippen molar-refractivity contribution in [2.24, 2.45) is 5.92 Å². The van der Waals surface area contributed by atoms with Gasteiger partial charge in [0.1, 0.15) is 17.7 Å². The smallest absolute Gasteiger partial charge is 0.337 e. The summed E-state index contributed by atoms with van der Waals surface area (Å²) < 4.78 is 39.6. The number of aromatic nitrogens is 1. The molecule has 2 aromatic rings. The van der Waals surface area contributed by atoms with Gasteiger partial charge >= 0.3 is 5.97 Å². The molecule has 1 amide bonds. The number of aryl methyl sites for hydroxylation is 1. The molecule has 0 unspecified atom stereocenters. The second-order valence-electron chi connectivity index (χ2n) is 6.44. The van der Waals surface area contributed by atoms with Gasteiger partial charge in [-0.2, -0.15) is 5.26 Å². The molecule has 0 aliphatic carbocycles. The van der Waals surface area contributed by atoms with E-state index < -0.39 is 33.6 Å². The second kappa shape index (κ2) is 7.48. The number of nitrogens with zero attached hydrogens (tertiary/aromatic N) is 3. The second-order valence-corrected chi connectivity index (χ2v) is 8.12. The molecule has 29 heavy (non-hydrogen) atoms. The van der Waals surface area contributed by atoms with Crippen molar-refractivity contribution in [1.82, 2.24) is 9.71 Å². The van der Waals surface area contributed by atoms with E-state index in [4.69, 9.17) is 5.11 Å². The van der Waals surface area contributed by atoms with E-state index in [2.05, 4.69) is 4.98 Å². The van der Waals surface area contributed by atoms with Crippen LogP contribution in [0.25, 0.3) is 0 Å². The Morgan fingerprint density at radius 3 is 2.62 bits per heavy atom. The lowest BCUT2D eigenvalue weighted by Crippen LogP contribution is -2.55. The Balaban J connectivity index is 1.71. The van der Waals surface area contributed by atoms with Gasteiger partial charge in [0.2, 0.25) is 5.91 Å². The van der Waals surface area contributed by atoms with Crippen molar-refractivity contribution in [2.45, 2.75) is 11.8 Å². The average Bonchev–Trinajstić information content (AvgIpc) is 2.60. The van der Waals surface area contributed by atoms with E-state index >= 15 is 0 Å². The quantitative estimate of drug-likeness (QED) is 0.734. The Hall–Kier alpha value is -3.52. The normalized spacial score (nSPS) is 14.0. The zero-order valence-corrected chi connectivity index (χ0v) is 15.9. The third-order valence-electron chi connectivity index (χ3n) is 4.44. The first kappa shape index (κ1) is 20.2. The summed E-state index contributed by atoms with van der Waals surface area (Å²) in [4.78, 5) is 28.8. The summed E-state index contributed by atoms with van der Waals surface area (Å²) in [5, 5.41) is 18.4. The number of hydrogen-bond donors (Lipinski definition) is 2. The molecule has 150 valence electrons. The molecule has 1 saturated heterocycles. The summed E-state index contributed by atoms with van der Waals surface area (Å²) >= 11 is 0. The number of carbonyl (C=O) groups is 2. The van der Waals surface area contributed by atoms with Gasteiger partial charge in [-0.3, -0.25) is 4.79 Å². The van der Waals surface area contributed by atoms with Crippen molar-refractivity contribution < 1.29 is 27.5 Å². The molecule has 0 radical (unpaired) electrons. The standard InChI is InChI=1S/C18H15FN4O5S/c1-10-15(18(25)26)5-11(7-20)16(21-10)23-8-12(9-23)17(24)22-29(27,28)14-4-2-3-13(19)6-14/h2-6,12H,8-9H2,1H3,(H,22,24)(H,25,26). The number of nitriles is 1. The van der Waals surface area contributed by atoms with Crippen LogP contribution in [-0.4, -0.2) is 43.5 Å². The molecule has 0 saturated carbocycles. The fraction of sp³-hybridized carbons (Fsp3) is 0.222. The lowest BCUT2D eigenvalue weighted by Gasteiger charge is -2.39. The molecule has 1 aliphatic heterocycles. The van der Waals surface area contributed by atoms with E-state index in [0.29, 0.717) is 0 Å². The van der Waals surface area contributed by atoms with Gasteiger partial charge in [0.05, 0.1) is 27.6 Å². The van der Waals surface area contributed by atoms with Gasteiger partial charge in [-0.15, -0.1) is 0 Å². The van der Waals surface area contributed by atoms with Gasteiger partial charge in [-0.05, 0) is 31.2 Å². The van der Waals surface area contributed by atoms with Crippen molar-refractivity contribution in [1.29, 1.82) is 5.26 Å². The first-order valence-electron chi connectivity index (χ1n) is 8.34. The van der Waals surface area contributed by atoms with E-state index in [-0.39, 0.29) is 40.6 Å². The summed E-state index contributed by atoms with van der Waals surface area (Å²) in [6.45, 7) is 1.68. The van der Waals surface area contributed by atoms with Crippen molar-refractivity contribution >= 4 is 27.7 Å². The maximum atomic E-state index is 13.2. The van der Waals surface area contributed by atoms with Crippen LogP contribution in [0.15, 0.2) is 35.2 Å². The number of rotatable bonds is 5. The number of amides is 1. The number of sulfonamides is 1. The number of carbonyl (C=O) groups excluding carboxylic acids is 1. The topological polar surface area (TPSA) is 140 Å². The number of hydrogen-bond acceptors (Lipinski definition) is 7. The molecule has 9 nitrogen and oxygen atoms in total. The molecule has 3 rings (SSSR count). The van der Waals surface area contributed by atoms with Crippen molar-refractivity contribution in [3.05, 3.63) is 53.0 Å². The summed E-state index contributed by atoms with van der Waals surface area (Å²) in [5.74, 6) is -3.17. The van der Waals surface area contributed by atoms with E-state index in [0.717, 1.165) is 12.1 Å². The van der Waals surface area contributed by atoms with Gasteiger partial charge in [0.25, 0.3) is 10.0 Å². The van der Waals surface area contributed by atoms with Crippen LogP contribution >= 0.6 is 0 Å². The molecule has 0 bridgehead atoms. The lowest BCUT2D eigenvalue weighted by atomic mass is 9.98. The highest BCUT2D eigenvalue weighted by atomic mass is 32.2. The van der Waals surface area contributed by atoms with Crippen LogP contribution in [0.5, 0.6) is 0 Å². The monoisotopic (exact) mass is 418 g/mol. The van der Waals surface area contributed by atoms with E-state index in [1.165, 1.54) is 25.1 Å². The molecule has 0 atom stereocenters. The maximum Gasteiger partial charge on any atom is 0.337 e. The fourth-order valence-electron chi connectivity index (χ4n) is 2.86. The maximum absolute atomic E-state index is 13.2. The zero-order valence-electron chi connectivity index (χ0n) is 15.1. The fourth-order valence-corrected chi connectivity index (χ4v) is 3.93. The van der Waals surface area contributed by atoms with E-state index in [9.17, 15) is 27.7 Å². The molecule has 2 heterocycles. The number of carboxylic acid groups (broad SMARTS) is 1. The number of anilines is 1. The van der Waals surface area contributed by atoms with Gasteiger partial charge in [0.15, 0.2) is 0 Å². The Morgan fingerprint density at radius 2 is 2.03 bits per heavy atom. The predicted molar refractivity (Wildman–Crippen MR) is 98.1 cm³/mol. The minimum Gasteiger partial charge on any atom is -0.478 e. The van der Waals surface area contributed by atoms with Crippen LogP contribution < -0.4 is 9.62 Å². The molecule has 1 aromatic heterocycles. The summed E-state index contributed by atoms with van der Waals surface area (Å²) in [7, 11) is -4.21. The van der Waals surface area contributed by atoms with Gasteiger partial charge in [-0.25, -0.2) is 27.3 Å². The molecule has 1 fully saturated rings. The third-order valence-corrected chi connectivity index (χ3v) is 5.78. The first-order valence-corrected chi connectivity index (χ1v) is 9.83. The molecular formula is C18H15FN4O5S. The minimum atomic E-state index is -4.21. The third kappa shape index (κ3) is 4.02. The molecule has 1 aliphatic rings. The van der Waals surface area contributed by atoms with Gasteiger partial charge in [-0.1, -0.05) is 6.07 Å². The molecular weight excluding hydrogens is 403 g/mol. The highest BCUT2D eigenvalue weighted by molar-refractivity contribution is 7.90. The number of nitrogens with one attached hydrogen (secondary N) is 1. The van der Waals surface area contributed by atoms with Gasteiger partial charge in [0, 0.05) is 13.1 Å². The van der Waals surface area contributed by atoms with Crippen LogP contribution in [0.4, 0.5) is 10.2 Å². The molecule has 11 heteroatoms. The molecule has 2 N–H and O–H groups in total. The van der Waals surface area contributed by atoms with Crippen LogP contribution in [0.2, 0.25) is 0 Å². The van der Waals surface area contributed by atoms with Crippen LogP contribution in [-0.2, 0) is 14.8 Å². The molecule has 0 spiro atoms. The van der Waals surface area contributed by atoms with Crippen molar-refractivity contribution in [3.8, 4) is 6.07 Å². The highest BCUT2D eigenvalue weighted by Crippen LogP contribution is 2.28. The Kier molecular flexibility index (Phi) is 5.21. The Morgan fingerprint density at radius 1 is 1.34 bits per heavy atom. The van der Waals surface area contributed by atoms with Crippen LogP contribution in [0.3, 0.4) is 0 Å². The number of carboxylic acids is 1. The molecule has 1 aromatic carbocycles. The van der Waals surface area contributed by atoms with Crippen LogP contribution in [0.1, 0.15) is 21.6 Å².